The minimum Gasteiger partial charge on any atom is -0.446 e. The Morgan fingerprint density at radius 3 is 2.45 bits per heavy atom. The van der Waals surface area contributed by atoms with Crippen LogP contribution >= 0.6 is 0 Å². The fourth-order valence-corrected chi connectivity index (χ4v) is 5.73. The molecule has 7 heteroatoms. The van der Waals surface area contributed by atoms with Gasteiger partial charge in [-0.3, -0.25) is 10.1 Å². The molecule has 0 radical (unpaired) electrons. The molecule has 2 aliphatic rings. The number of amides is 2. The molecule has 2 atom stereocenters. The molecule has 3 aromatic rings. The van der Waals surface area contributed by atoms with E-state index >= 15 is 0 Å². The second-order valence-corrected chi connectivity index (χ2v) is 11.6. The van der Waals surface area contributed by atoms with Gasteiger partial charge in [-0.1, -0.05) is 44.9 Å². The van der Waals surface area contributed by atoms with E-state index in [-0.39, 0.29) is 18.1 Å². The second kappa shape index (κ2) is 12.2. The summed E-state index contributed by atoms with van der Waals surface area (Å²) in [5.74, 6) is 0.986. The van der Waals surface area contributed by atoms with Crippen molar-refractivity contribution in [3.63, 3.8) is 0 Å². The van der Waals surface area contributed by atoms with Gasteiger partial charge in [0.05, 0.1) is 16.8 Å². The van der Waals surface area contributed by atoms with Crippen molar-refractivity contribution in [1.82, 2.24) is 9.88 Å². The number of carbonyl (C=O) groups excluding carboxylic acids is 2. The quantitative estimate of drug-likeness (QED) is 0.259. The van der Waals surface area contributed by atoms with Crippen LogP contribution in [-0.4, -0.2) is 29.2 Å². The summed E-state index contributed by atoms with van der Waals surface area (Å²) in [7, 11) is 0. The number of fused-ring (bicyclic) bond motifs is 1. The van der Waals surface area contributed by atoms with Crippen molar-refractivity contribution >= 4 is 28.6 Å². The SMILES string of the molecule is CCCC(C)CCNC(=O)c1ccc2c(C#N)c(-c3ccc(NC(=O)O[C@H](C)C4CC4)cc3)n(C3CCC3)c2c1. The van der Waals surface area contributed by atoms with Crippen LogP contribution in [-0.2, 0) is 4.74 Å². The lowest BCUT2D eigenvalue weighted by Crippen LogP contribution is -2.25. The maximum Gasteiger partial charge on any atom is 0.411 e. The van der Waals surface area contributed by atoms with Crippen molar-refractivity contribution in [1.29, 1.82) is 5.26 Å². The highest BCUT2D eigenvalue weighted by Gasteiger charge is 2.31. The number of nitrogens with one attached hydrogen (secondary N) is 2. The number of carbonyl (C=O) groups is 2. The lowest BCUT2D eigenvalue weighted by molar-refractivity contribution is 0.0951. The zero-order valence-electron chi connectivity index (χ0n) is 23.8. The summed E-state index contributed by atoms with van der Waals surface area (Å²) in [4.78, 5) is 25.3. The van der Waals surface area contributed by atoms with Gasteiger partial charge in [-0.2, -0.15) is 5.26 Å². The Hall–Kier alpha value is -3.79. The molecule has 1 heterocycles. The van der Waals surface area contributed by atoms with E-state index in [4.69, 9.17) is 4.74 Å². The summed E-state index contributed by atoms with van der Waals surface area (Å²) in [5.41, 5.74) is 4.56. The molecule has 0 saturated heterocycles. The fourth-order valence-electron chi connectivity index (χ4n) is 5.73. The van der Waals surface area contributed by atoms with Crippen LogP contribution in [0.4, 0.5) is 10.5 Å². The molecule has 0 spiro atoms. The molecule has 1 aromatic heterocycles. The highest BCUT2D eigenvalue weighted by atomic mass is 16.6. The molecule has 7 nitrogen and oxygen atoms in total. The van der Waals surface area contributed by atoms with Crippen LogP contribution in [0.15, 0.2) is 42.5 Å². The molecule has 2 aromatic carbocycles. The number of ether oxygens (including phenoxy) is 1. The Morgan fingerprint density at radius 1 is 1.07 bits per heavy atom. The molecule has 1 unspecified atom stereocenters. The van der Waals surface area contributed by atoms with E-state index in [1.54, 1.807) is 0 Å². The molecule has 2 N–H and O–H groups in total. The van der Waals surface area contributed by atoms with Gasteiger partial charge in [-0.05, 0) is 87.1 Å². The van der Waals surface area contributed by atoms with Crippen LogP contribution in [0.1, 0.15) is 94.1 Å². The molecule has 2 saturated carbocycles. The number of hydrogen-bond acceptors (Lipinski definition) is 4. The topological polar surface area (TPSA) is 96.2 Å². The van der Waals surface area contributed by atoms with E-state index in [1.165, 1.54) is 0 Å². The third-order valence-corrected chi connectivity index (χ3v) is 8.51. The third kappa shape index (κ3) is 6.01. The van der Waals surface area contributed by atoms with Gasteiger partial charge < -0.3 is 14.6 Å². The molecule has 2 fully saturated rings. The second-order valence-electron chi connectivity index (χ2n) is 11.6. The molecule has 5 rings (SSSR count). The van der Waals surface area contributed by atoms with Crippen LogP contribution in [0.2, 0.25) is 0 Å². The number of aromatic nitrogens is 1. The first kappa shape index (κ1) is 27.8. The van der Waals surface area contributed by atoms with E-state index in [0.29, 0.717) is 35.2 Å². The van der Waals surface area contributed by atoms with Crippen molar-refractivity contribution in [3.8, 4) is 17.3 Å². The highest BCUT2D eigenvalue weighted by Crippen LogP contribution is 2.43. The summed E-state index contributed by atoms with van der Waals surface area (Å²) >= 11 is 0. The van der Waals surface area contributed by atoms with Gasteiger partial charge in [0.25, 0.3) is 5.91 Å². The average Bonchev–Trinajstić information content (AvgIpc) is 3.72. The zero-order chi connectivity index (χ0) is 28.2. The monoisotopic (exact) mass is 540 g/mol. The smallest absolute Gasteiger partial charge is 0.411 e. The first-order valence-electron chi connectivity index (χ1n) is 14.8. The van der Waals surface area contributed by atoms with Crippen LogP contribution in [0, 0.1) is 23.2 Å². The third-order valence-electron chi connectivity index (χ3n) is 8.51. The number of nitrogens with zero attached hydrogens (tertiary/aromatic N) is 2. The van der Waals surface area contributed by atoms with Gasteiger partial charge >= 0.3 is 6.09 Å². The minimum atomic E-state index is -0.445. The van der Waals surface area contributed by atoms with E-state index in [2.05, 4.69) is 35.1 Å². The number of benzene rings is 2. The molecule has 0 aliphatic heterocycles. The number of rotatable bonds is 11. The minimum absolute atomic E-state index is 0.0766. The zero-order valence-corrected chi connectivity index (χ0v) is 23.8. The maximum absolute atomic E-state index is 13.0. The van der Waals surface area contributed by atoms with Crippen LogP contribution < -0.4 is 10.6 Å². The van der Waals surface area contributed by atoms with Gasteiger partial charge in [0.15, 0.2) is 0 Å². The predicted octanol–water partition coefficient (Wildman–Crippen LogP) is 7.81. The molecule has 2 amide bonds. The van der Waals surface area contributed by atoms with Crippen LogP contribution in [0.25, 0.3) is 22.2 Å². The summed E-state index contributed by atoms with van der Waals surface area (Å²) in [5, 5.41) is 17.0. The van der Waals surface area contributed by atoms with E-state index in [9.17, 15) is 14.9 Å². The Bertz CT molecular complexity index is 1410. The summed E-state index contributed by atoms with van der Waals surface area (Å²) in [6.45, 7) is 7.00. The van der Waals surface area contributed by atoms with Gasteiger partial charge in [0, 0.05) is 29.2 Å². The summed E-state index contributed by atoms with van der Waals surface area (Å²) in [6, 6.07) is 16.0. The van der Waals surface area contributed by atoms with Crippen molar-refractivity contribution in [2.24, 2.45) is 11.8 Å². The highest BCUT2D eigenvalue weighted by molar-refractivity contribution is 6.01. The first-order valence-corrected chi connectivity index (χ1v) is 14.8. The number of anilines is 1. The number of hydrogen-bond donors (Lipinski definition) is 2. The largest absolute Gasteiger partial charge is 0.446 e. The molecular weight excluding hydrogens is 500 g/mol. The Kier molecular flexibility index (Phi) is 8.44. The van der Waals surface area contributed by atoms with E-state index < -0.39 is 6.09 Å². The van der Waals surface area contributed by atoms with Gasteiger partial charge in [0.1, 0.15) is 12.2 Å². The average molecular weight is 541 g/mol. The Balaban J connectivity index is 1.40. The lowest BCUT2D eigenvalue weighted by atomic mass is 9.92. The molecule has 40 heavy (non-hydrogen) atoms. The van der Waals surface area contributed by atoms with E-state index in [1.807, 2.05) is 49.4 Å². The standard InChI is InChI=1S/C33H40N4O3/c1-4-6-21(2)17-18-35-32(38)25-13-16-28-29(20-34)31(37(30(28)19-25)27-7-5-8-27)24-11-14-26(15-12-24)36-33(39)40-22(3)23-9-10-23/h11-16,19,21-23,27H,4-10,17-18H2,1-3H3,(H,35,38)(H,36,39)/t21?,22-/m1/s1. The summed E-state index contributed by atoms with van der Waals surface area (Å²) in [6.07, 6.45) is 8.21. The molecular formula is C33H40N4O3. The van der Waals surface area contributed by atoms with Crippen molar-refractivity contribution in [2.75, 3.05) is 11.9 Å². The molecule has 210 valence electrons. The normalized spacial score (nSPS) is 16.6. The van der Waals surface area contributed by atoms with Crippen LogP contribution in [0.5, 0.6) is 0 Å². The summed E-state index contributed by atoms with van der Waals surface area (Å²) < 4.78 is 7.75. The molecule has 0 bridgehead atoms. The first-order chi connectivity index (χ1) is 19.4. The van der Waals surface area contributed by atoms with Gasteiger partial charge in [0.2, 0.25) is 0 Å². The Morgan fingerprint density at radius 2 is 1.82 bits per heavy atom. The number of nitriles is 1. The predicted molar refractivity (Wildman–Crippen MR) is 158 cm³/mol. The van der Waals surface area contributed by atoms with Crippen LogP contribution in [0.3, 0.4) is 0 Å². The lowest BCUT2D eigenvalue weighted by Gasteiger charge is -2.30. The maximum atomic E-state index is 13.0. The van der Waals surface area contributed by atoms with Crippen molar-refractivity contribution in [3.05, 3.63) is 53.6 Å². The van der Waals surface area contributed by atoms with Crippen molar-refractivity contribution < 1.29 is 14.3 Å². The van der Waals surface area contributed by atoms with E-state index in [0.717, 1.165) is 73.5 Å². The van der Waals surface area contributed by atoms with Gasteiger partial charge in [-0.25, -0.2) is 4.79 Å². The fraction of sp³-hybridized carbons (Fsp3) is 0.485. The van der Waals surface area contributed by atoms with Gasteiger partial charge in [-0.15, -0.1) is 0 Å². The Labute approximate surface area is 236 Å². The molecule has 2 aliphatic carbocycles. The van der Waals surface area contributed by atoms with Crippen molar-refractivity contribution in [2.45, 2.75) is 84.3 Å².